The summed E-state index contributed by atoms with van der Waals surface area (Å²) in [5, 5.41) is 2.04. The molecule has 22 heavy (non-hydrogen) atoms. The van der Waals surface area contributed by atoms with E-state index in [1.165, 1.54) is 16.5 Å². The first kappa shape index (κ1) is 14.5. The van der Waals surface area contributed by atoms with Crippen LogP contribution in [0.3, 0.4) is 0 Å². The number of carbonyl (C=O) groups is 1. The van der Waals surface area contributed by atoms with Crippen LogP contribution < -0.4 is 0 Å². The number of hydrogen-bond acceptors (Lipinski definition) is 4. The van der Waals surface area contributed by atoms with E-state index in [-0.39, 0.29) is 5.91 Å². The summed E-state index contributed by atoms with van der Waals surface area (Å²) in [6.45, 7) is 2.67. The van der Waals surface area contributed by atoms with Gasteiger partial charge in [0, 0.05) is 24.1 Å². The summed E-state index contributed by atoms with van der Waals surface area (Å²) in [5.74, 6) is 0.366. The molecule has 3 rings (SSSR count). The molecular formula is C17H16N2O2S. The molecule has 0 unspecified atom stereocenters. The standard InChI is InChI=1S/C17H16N2O2S/c1-12-9-10-22-15(12)11-19(2)17(20)8-7-16-18-13-5-3-4-6-14(13)21-16/h3-10H,11H2,1-2H3. The van der Waals surface area contributed by atoms with Crippen molar-refractivity contribution in [2.24, 2.45) is 0 Å². The normalized spacial score (nSPS) is 11.4. The van der Waals surface area contributed by atoms with Crippen LogP contribution in [0, 0.1) is 6.92 Å². The third kappa shape index (κ3) is 3.09. The zero-order valence-electron chi connectivity index (χ0n) is 12.4. The fourth-order valence-electron chi connectivity index (χ4n) is 2.09. The van der Waals surface area contributed by atoms with Crippen molar-refractivity contribution in [1.82, 2.24) is 9.88 Å². The summed E-state index contributed by atoms with van der Waals surface area (Å²) in [5.41, 5.74) is 2.72. The number of para-hydroxylation sites is 2. The summed E-state index contributed by atoms with van der Waals surface area (Å²) < 4.78 is 5.56. The maximum absolute atomic E-state index is 12.1. The number of hydrogen-bond donors (Lipinski definition) is 0. The molecule has 2 heterocycles. The molecule has 0 aliphatic heterocycles. The second-order valence-electron chi connectivity index (χ2n) is 5.07. The third-order valence-corrected chi connectivity index (χ3v) is 4.41. The fourth-order valence-corrected chi connectivity index (χ4v) is 3.05. The van der Waals surface area contributed by atoms with Crippen LogP contribution in [-0.4, -0.2) is 22.8 Å². The molecule has 0 saturated carbocycles. The van der Waals surface area contributed by atoms with Crippen molar-refractivity contribution in [3.05, 3.63) is 58.1 Å². The van der Waals surface area contributed by atoms with E-state index in [4.69, 9.17) is 4.42 Å². The number of thiophene rings is 1. The van der Waals surface area contributed by atoms with Gasteiger partial charge in [-0.2, -0.15) is 0 Å². The van der Waals surface area contributed by atoms with Gasteiger partial charge in [-0.3, -0.25) is 4.79 Å². The van der Waals surface area contributed by atoms with Gasteiger partial charge in [-0.1, -0.05) is 12.1 Å². The lowest BCUT2D eigenvalue weighted by Crippen LogP contribution is -2.23. The van der Waals surface area contributed by atoms with Crippen molar-refractivity contribution in [2.45, 2.75) is 13.5 Å². The van der Waals surface area contributed by atoms with Crippen LogP contribution in [0.1, 0.15) is 16.3 Å². The van der Waals surface area contributed by atoms with E-state index in [0.717, 1.165) is 11.1 Å². The Bertz CT molecular complexity index is 799. The molecule has 2 aromatic heterocycles. The predicted octanol–water partition coefficient (Wildman–Crippen LogP) is 3.87. The van der Waals surface area contributed by atoms with Crippen molar-refractivity contribution in [3.63, 3.8) is 0 Å². The minimum absolute atomic E-state index is 0.0740. The minimum Gasteiger partial charge on any atom is -0.437 e. The smallest absolute Gasteiger partial charge is 0.246 e. The first-order chi connectivity index (χ1) is 10.6. The molecule has 0 aliphatic rings. The lowest BCUT2D eigenvalue weighted by molar-refractivity contribution is -0.125. The zero-order chi connectivity index (χ0) is 15.5. The maximum atomic E-state index is 12.1. The molecule has 0 fully saturated rings. The lowest BCUT2D eigenvalue weighted by atomic mass is 10.3. The van der Waals surface area contributed by atoms with Gasteiger partial charge in [-0.15, -0.1) is 11.3 Å². The Labute approximate surface area is 132 Å². The number of aryl methyl sites for hydroxylation is 1. The lowest BCUT2D eigenvalue weighted by Gasteiger charge is -2.14. The fraction of sp³-hybridized carbons (Fsp3) is 0.176. The molecule has 0 spiro atoms. The Morgan fingerprint density at radius 3 is 2.91 bits per heavy atom. The first-order valence-electron chi connectivity index (χ1n) is 6.95. The van der Waals surface area contributed by atoms with E-state index in [0.29, 0.717) is 12.4 Å². The molecule has 0 radical (unpaired) electrons. The van der Waals surface area contributed by atoms with Gasteiger partial charge >= 0.3 is 0 Å². The van der Waals surface area contributed by atoms with Crippen LogP contribution >= 0.6 is 11.3 Å². The number of amides is 1. The minimum atomic E-state index is -0.0740. The number of aromatic nitrogens is 1. The van der Waals surface area contributed by atoms with Crippen LogP contribution in [0.2, 0.25) is 0 Å². The Morgan fingerprint density at radius 1 is 1.36 bits per heavy atom. The molecule has 4 nitrogen and oxygen atoms in total. The number of carbonyl (C=O) groups excluding carboxylic acids is 1. The second-order valence-corrected chi connectivity index (χ2v) is 6.07. The highest BCUT2D eigenvalue weighted by Gasteiger charge is 2.09. The van der Waals surface area contributed by atoms with Crippen LogP contribution in [0.25, 0.3) is 17.2 Å². The van der Waals surface area contributed by atoms with Gasteiger partial charge in [-0.05, 0) is 36.1 Å². The molecule has 0 atom stereocenters. The van der Waals surface area contributed by atoms with E-state index in [9.17, 15) is 4.79 Å². The highest BCUT2D eigenvalue weighted by molar-refractivity contribution is 7.10. The summed E-state index contributed by atoms with van der Waals surface area (Å²) in [6.07, 6.45) is 3.10. The molecule has 1 aromatic carbocycles. The Kier molecular flexibility index (Phi) is 4.06. The quantitative estimate of drug-likeness (QED) is 0.687. The van der Waals surface area contributed by atoms with Crippen molar-refractivity contribution in [3.8, 4) is 0 Å². The van der Waals surface area contributed by atoms with E-state index < -0.39 is 0 Å². The molecule has 0 bridgehead atoms. The highest BCUT2D eigenvalue weighted by atomic mass is 32.1. The first-order valence-corrected chi connectivity index (χ1v) is 7.83. The van der Waals surface area contributed by atoms with Crippen molar-refractivity contribution >= 4 is 34.4 Å². The van der Waals surface area contributed by atoms with Crippen molar-refractivity contribution < 1.29 is 9.21 Å². The van der Waals surface area contributed by atoms with Crippen LogP contribution in [-0.2, 0) is 11.3 Å². The summed E-state index contributed by atoms with van der Waals surface area (Å²) >= 11 is 1.66. The average molecular weight is 312 g/mol. The molecule has 0 saturated heterocycles. The molecule has 0 aliphatic carbocycles. The maximum Gasteiger partial charge on any atom is 0.246 e. The summed E-state index contributed by atoms with van der Waals surface area (Å²) in [4.78, 5) is 19.3. The summed E-state index contributed by atoms with van der Waals surface area (Å²) in [6, 6.07) is 9.59. The van der Waals surface area contributed by atoms with Crippen LogP contribution in [0.4, 0.5) is 0 Å². The van der Waals surface area contributed by atoms with Crippen molar-refractivity contribution in [2.75, 3.05) is 7.05 Å². The Balaban J connectivity index is 1.68. The largest absolute Gasteiger partial charge is 0.437 e. The van der Waals surface area contributed by atoms with Crippen LogP contribution in [0.5, 0.6) is 0 Å². The monoisotopic (exact) mass is 312 g/mol. The number of rotatable bonds is 4. The van der Waals surface area contributed by atoms with Gasteiger partial charge in [0.2, 0.25) is 11.8 Å². The SMILES string of the molecule is Cc1ccsc1CN(C)C(=O)C=Cc1nc2ccccc2o1. The molecule has 5 heteroatoms. The average Bonchev–Trinajstić information content (AvgIpc) is 3.10. The van der Waals surface area contributed by atoms with E-state index in [2.05, 4.69) is 18.0 Å². The molecule has 1 amide bonds. The van der Waals surface area contributed by atoms with Gasteiger partial charge < -0.3 is 9.32 Å². The molecular weight excluding hydrogens is 296 g/mol. The Hall–Kier alpha value is -2.40. The number of oxazole rings is 1. The van der Waals surface area contributed by atoms with Gasteiger partial charge in [-0.25, -0.2) is 4.98 Å². The number of fused-ring (bicyclic) bond motifs is 1. The van der Waals surface area contributed by atoms with E-state index in [1.54, 1.807) is 29.4 Å². The van der Waals surface area contributed by atoms with Crippen molar-refractivity contribution in [1.29, 1.82) is 0 Å². The van der Waals surface area contributed by atoms with Crippen LogP contribution in [0.15, 0.2) is 46.2 Å². The molecule has 0 N–H and O–H groups in total. The molecule has 112 valence electrons. The molecule has 3 aromatic rings. The van der Waals surface area contributed by atoms with Gasteiger partial charge in [0.05, 0.1) is 6.54 Å². The second kappa shape index (κ2) is 6.15. The Morgan fingerprint density at radius 2 is 2.18 bits per heavy atom. The van der Waals surface area contributed by atoms with E-state index in [1.807, 2.05) is 29.6 Å². The van der Waals surface area contributed by atoms with Gasteiger partial charge in [0.1, 0.15) is 5.52 Å². The summed E-state index contributed by atoms with van der Waals surface area (Å²) in [7, 11) is 1.79. The predicted molar refractivity (Wildman–Crippen MR) is 88.6 cm³/mol. The van der Waals surface area contributed by atoms with Gasteiger partial charge in [0.25, 0.3) is 0 Å². The topological polar surface area (TPSA) is 46.3 Å². The third-order valence-electron chi connectivity index (χ3n) is 3.40. The highest BCUT2D eigenvalue weighted by Crippen LogP contribution is 2.18. The van der Waals surface area contributed by atoms with Gasteiger partial charge in [0.15, 0.2) is 5.58 Å². The zero-order valence-corrected chi connectivity index (χ0v) is 13.3. The number of nitrogens with zero attached hydrogens (tertiary/aromatic N) is 2. The van der Waals surface area contributed by atoms with E-state index >= 15 is 0 Å². The number of benzene rings is 1. The number of likely N-dealkylation sites (N-methyl/N-ethyl adjacent to an activating group) is 1.